The average molecular weight is 415 g/mol. The number of carbonyl (C=O) groups is 1. The predicted molar refractivity (Wildman–Crippen MR) is 118 cm³/mol. The summed E-state index contributed by atoms with van der Waals surface area (Å²) in [5.41, 5.74) is 2.73. The van der Waals surface area contributed by atoms with Crippen LogP contribution in [0.5, 0.6) is 0 Å². The maximum Gasteiger partial charge on any atom is 0.315 e. The molecule has 0 spiro atoms. The number of hydrogen-bond acceptors (Lipinski definition) is 4. The van der Waals surface area contributed by atoms with E-state index in [2.05, 4.69) is 22.5 Å². The lowest BCUT2D eigenvalue weighted by Crippen LogP contribution is -2.47. The fourth-order valence-corrected chi connectivity index (χ4v) is 5.85. The van der Waals surface area contributed by atoms with Gasteiger partial charge < -0.3 is 15.2 Å². The maximum absolute atomic E-state index is 13.1. The summed E-state index contributed by atoms with van der Waals surface area (Å²) >= 11 is 1.81. The lowest BCUT2D eigenvalue weighted by Gasteiger charge is -2.35. The predicted octanol–water partition coefficient (Wildman–Crippen LogP) is 3.67. The number of pyridine rings is 2. The summed E-state index contributed by atoms with van der Waals surface area (Å²) in [6.07, 6.45) is 6.82. The number of fused-ring (bicyclic) bond motifs is 1. The van der Waals surface area contributed by atoms with E-state index in [0.717, 1.165) is 60.0 Å². The van der Waals surface area contributed by atoms with Crippen molar-refractivity contribution in [2.24, 2.45) is 13.0 Å². The maximum atomic E-state index is 13.1. The number of rotatable bonds is 3. The molecule has 1 saturated carbocycles. The van der Waals surface area contributed by atoms with Crippen LogP contribution in [0.15, 0.2) is 23.1 Å². The highest BCUT2D eigenvalue weighted by Gasteiger charge is 2.32. The first kappa shape index (κ1) is 20.3. The zero-order valence-electron chi connectivity index (χ0n) is 17.4. The van der Waals surface area contributed by atoms with Crippen LogP contribution in [-0.4, -0.2) is 32.8 Å². The molecule has 2 aromatic rings. The molecular formula is C22H30N4O2S. The number of carbonyl (C=O) groups excluding carboxylic acids is 1. The fraction of sp³-hybridized carbons (Fsp3) is 0.591. The number of aromatic nitrogens is 2. The molecule has 0 aromatic carbocycles. The summed E-state index contributed by atoms with van der Waals surface area (Å²) in [7, 11) is 1.84. The molecule has 2 fully saturated rings. The average Bonchev–Trinajstić information content (AvgIpc) is 3.19. The summed E-state index contributed by atoms with van der Waals surface area (Å²) in [5, 5.41) is 7.47. The quantitative estimate of drug-likeness (QED) is 0.804. The minimum atomic E-state index is -0.0752. The van der Waals surface area contributed by atoms with E-state index in [4.69, 9.17) is 0 Å². The van der Waals surface area contributed by atoms with Gasteiger partial charge in [-0.2, -0.15) is 0 Å². The summed E-state index contributed by atoms with van der Waals surface area (Å²) < 4.78 is 1.74. The first-order chi connectivity index (χ1) is 13.9. The third-order valence-corrected chi connectivity index (χ3v) is 7.71. The van der Waals surface area contributed by atoms with Crippen LogP contribution < -0.4 is 16.2 Å². The zero-order valence-corrected chi connectivity index (χ0v) is 18.2. The Labute approximate surface area is 175 Å². The molecule has 1 saturated heterocycles. The Morgan fingerprint density at radius 1 is 1.24 bits per heavy atom. The molecule has 1 aliphatic heterocycles. The number of thioether (sulfide) groups is 1. The number of urea groups is 1. The third kappa shape index (κ3) is 4.29. The minimum absolute atomic E-state index is 0.0624. The summed E-state index contributed by atoms with van der Waals surface area (Å²) in [4.78, 5) is 30.0. The topological polar surface area (TPSA) is 76.0 Å². The molecule has 6 nitrogen and oxygen atoms in total. The van der Waals surface area contributed by atoms with Gasteiger partial charge in [-0.25, -0.2) is 4.79 Å². The molecular weight excluding hydrogens is 384 g/mol. The van der Waals surface area contributed by atoms with Gasteiger partial charge >= 0.3 is 6.03 Å². The largest absolute Gasteiger partial charge is 0.335 e. The van der Waals surface area contributed by atoms with Crippen molar-refractivity contribution in [1.29, 1.82) is 0 Å². The van der Waals surface area contributed by atoms with E-state index < -0.39 is 0 Å². The molecule has 4 atom stereocenters. The van der Waals surface area contributed by atoms with Crippen LogP contribution in [0.1, 0.15) is 56.2 Å². The highest BCUT2D eigenvalue weighted by atomic mass is 32.2. The van der Waals surface area contributed by atoms with Crippen molar-refractivity contribution < 1.29 is 4.79 Å². The molecule has 2 aromatic heterocycles. The van der Waals surface area contributed by atoms with Crippen molar-refractivity contribution in [3.8, 4) is 0 Å². The second kappa shape index (κ2) is 8.38. The lowest BCUT2D eigenvalue weighted by atomic mass is 9.74. The van der Waals surface area contributed by atoms with Crippen LogP contribution >= 0.6 is 11.8 Å². The molecule has 156 valence electrons. The molecule has 2 amide bonds. The Balaban J connectivity index is 1.54. The van der Waals surface area contributed by atoms with Crippen molar-refractivity contribution in [2.75, 3.05) is 5.75 Å². The van der Waals surface area contributed by atoms with E-state index in [9.17, 15) is 9.59 Å². The normalized spacial score (nSPS) is 27.1. The van der Waals surface area contributed by atoms with Crippen LogP contribution in [0.3, 0.4) is 0 Å². The molecule has 3 heterocycles. The van der Waals surface area contributed by atoms with Gasteiger partial charge in [0, 0.05) is 35.9 Å². The number of amides is 2. The van der Waals surface area contributed by atoms with E-state index in [1.807, 2.05) is 44.1 Å². The monoisotopic (exact) mass is 414 g/mol. The van der Waals surface area contributed by atoms with E-state index in [0.29, 0.717) is 5.92 Å². The third-order valence-electron chi connectivity index (χ3n) is 6.42. The van der Waals surface area contributed by atoms with Gasteiger partial charge in [0.25, 0.3) is 5.56 Å². The summed E-state index contributed by atoms with van der Waals surface area (Å²) in [5.74, 6) is 1.66. The van der Waals surface area contributed by atoms with Gasteiger partial charge in [0.15, 0.2) is 0 Å². The van der Waals surface area contributed by atoms with Gasteiger partial charge in [-0.3, -0.25) is 9.78 Å². The van der Waals surface area contributed by atoms with Crippen molar-refractivity contribution >= 4 is 28.7 Å². The lowest BCUT2D eigenvalue weighted by molar-refractivity contribution is 0.221. The molecule has 0 bridgehead atoms. The zero-order chi connectivity index (χ0) is 20.5. The van der Waals surface area contributed by atoms with Gasteiger partial charge in [0.2, 0.25) is 0 Å². The van der Waals surface area contributed by atoms with Gasteiger partial charge in [-0.1, -0.05) is 6.92 Å². The van der Waals surface area contributed by atoms with Crippen LogP contribution in [0.4, 0.5) is 4.79 Å². The Morgan fingerprint density at radius 3 is 2.83 bits per heavy atom. The van der Waals surface area contributed by atoms with Crippen molar-refractivity contribution in [3.63, 3.8) is 0 Å². The first-order valence-electron chi connectivity index (χ1n) is 10.6. The number of nitrogens with zero attached hydrogens (tertiary/aromatic N) is 2. The molecule has 7 heteroatoms. The SMILES string of the molecule is Cc1cc2c(cn1)cc(C1CC(NC(=O)NC3CCCS3)CCC1C)c(=O)n2C. The van der Waals surface area contributed by atoms with Crippen LogP contribution in [-0.2, 0) is 7.05 Å². The van der Waals surface area contributed by atoms with E-state index in [1.165, 1.54) is 0 Å². The molecule has 2 aliphatic rings. The minimum Gasteiger partial charge on any atom is -0.335 e. The first-order valence-corrected chi connectivity index (χ1v) is 11.6. The highest BCUT2D eigenvalue weighted by molar-refractivity contribution is 8.00. The van der Waals surface area contributed by atoms with Gasteiger partial charge in [0.05, 0.1) is 10.9 Å². The molecule has 2 N–H and O–H groups in total. The molecule has 4 unspecified atom stereocenters. The molecule has 4 rings (SSSR count). The van der Waals surface area contributed by atoms with Gasteiger partial charge in [-0.05, 0) is 68.7 Å². The van der Waals surface area contributed by atoms with Crippen LogP contribution in [0, 0.1) is 12.8 Å². The molecule has 0 radical (unpaired) electrons. The van der Waals surface area contributed by atoms with E-state index in [-0.39, 0.29) is 28.9 Å². The Kier molecular flexibility index (Phi) is 5.86. The Morgan fingerprint density at radius 2 is 2.07 bits per heavy atom. The second-order valence-corrected chi connectivity index (χ2v) is 9.87. The fourth-order valence-electron chi connectivity index (χ4n) is 4.71. The second-order valence-electron chi connectivity index (χ2n) is 8.56. The van der Waals surface area contributed by atoms with Crippen molar-refractivity contribution in [2.45, 2.75) is 63.3 Å². The Hall–Kier alpha value is -2.02. The van der Waals surface area contributed by atoms with Crippen molar-refractivity contribution in [1.82, 2.24) is 20.2 Å². The summed E-state index contributed by atoms with van der Waals surface area (Å²) in [6, 6.07) is 4.00. The van der Waals surface area contributed by atoms with Crippen molar-refractivity contribution in [3.05, 3.63) is 39.9 Å². The number of hydrogen-bond donors (Lipinski definition) is 2. The molecule has 29 heavy (non-hydrogen) atoms. The van der Waals surface area contributed by atoms with Gasteiger partial charge in [0.1, 0.15) is 0 Å². The standard InChI is InChI=1S/C22H30N4O2S/c1-13-6-7-16(24-22(28)25-20-5-4-8-29-20)11-17(13)18-10-15-12-23-14(2)9-19(15)26(3)21(18)27/h9-10,12-13,16-17,20H,4-8,11H2,1-3H3,(H2,24,25,28). The number of nitrogens with one attached hydrogen (secondary N) is 2. The van der Waals surface area contributed by atoms with Crippen LogP contribution in [0.25, 0.3) is 10.9 Å². The van der Waals surface area contributed by atoms with Crippen LogP contribution in [0.2, 0.25) is 0 Å². The van der Waals surface area contributed by atoms with E-state index >= 15 is 0 Å². The summed E-state index contributed by atoms with van der Waals surface area (Å²) in [6.45, 7) is 4.15. The number of aryl methyl sites for hydroxylation is 2. The van der Waals surface area contributed by atoms with Gasteiger partial charge in [-0.15, -0.1) is 11.8 Å². The smallest absolute Gasteiger partial charge is 0.315 e. The Bertz CT molecular complexity index is 967. The highest BCUT2D eigenvalue weighted by Crippen LogP contribution is 2.37. The van der Waals surface area contributed by atoms with E-state index in [1.54, 1.807) is 4.57 Å². The molecule has 1 aliphatic carbocycles.